The third-order valence-electron chi connectivity index (χ3n) is 3.18. The second-order valence-electron chi connectivity index (χ2n) is 4.64. The fourth-order valence-electron chi connectivity index (χ4n) is 1.86. The van der Waals surface area contributed by atoms with Crippen molar-refractivity contribution in [2.24, 2.45) is 5.92 Å². The van der Waals surface area contributed by atoms with Gasteiger partial charge in [-0.05, 0) is 38.3 Å². The Balaban J connectivity index is 2.03. The zero-order valence-corrected chi connectivity index (χ0v) is 11.7. The van der Waals surface area contributed by atoms with Crippen molar-refractivity contribution in [2.75, 3.05) is 19.8 Å². The van der Waals surface area contributed by atoms with Crippen molar-refractivity contribution in [3.05, 3.63) is 36.1 Å². The van der Waals surface area contributed by atoms with E-state index >= 15 is 0 Å². The molecule has 0 amide bonds. The third-order valence-corrected chi connectivity index (χ3v) is 3.18. The van der Waals surface area contributed by atoms with E-state index in [2.05, 4.69) is 0 Å². The Morgan fingerprint density at radius 1 is 1.11 bits per heavy atom. The maximum Gasteiger partial charge on any atom is 0.119 e. The van der Waals surface area contributed by atoms with Crippen LogP contribution in [0.5, 0.6) is 0 Å². The first kappa shape index (κ1) is 15.0. The van der Waals surface area contributed by atoms with Crippen LogP contribution in [-0.2, 0) is 9.47 Å². The Morgan fingerprint density at radius 2 is 1.94 bits per heavy atom. The van der Waals surface area contributed by atoms with Crippen LogP contribution >= 0.6 is 0 Å². The van der Waals surface area contributed by atoms with E-state index in [1.807, 2.05) is 44.2 Å². The van der Waals surface area contributed by atoms with Crippen LogP contribution in [0.15, 0.2) is 36.1 Å². The molecule has 0 aromatic carbocycles. The lowest BCUT2D eigenvalue weighted by Gasteiger charge is -2.24. The van der Waals surface area contributed by atoms with Crippen molar-refractivity contribution in [3.8, 4) is 0 Å². The van der Waals surface area contributed by atoms with Crippen molar-refractivity contribution >= 4 is 0 Å². The molecule has 1 aliphatic carbocycles. The van der Waals surface area contributed by atoms with Crippen molar-refractivity contribution in [1.82, 2.24) is 0 Å². The summed E-state index contributed by atoms with van der Waals surface area (Å²) in [5, 5.41) is 0. The van der Waals surface area contributed by atoms with Crippen molar-refractivity contribution in [3.63, 3.8) is 0 Å². The Bertz CT molecular complexity index is 285. The Hall–Kier alpha value is -1.02. The largest absolute Gasteiger partial charge is 0.491 e. The number of allylic oxidation sites excluding steroid dienone is 5. The Morgan fingerprint density at radius 3 is 2.56 bits per heavy atom. The van der Waals surface area contributed by atoms with Gasteiger partial charge >= 0.3 is 0 Å². The highest BCUT2D eigenvalue weighted by Gasteiger charge is 2.16. The van der Waals surface area contributed by atoms with Crippen LogP contribution < -0.4 is 0 Å². The molecule has 2 heteroatoms. The third kappa shape index (κ3) is 6.65. The molecule has 0 unspecified atom stereocenters. The van der Waals surface area contributed by atoms with Crippen LogP contribution in [0.3, 0.4) is 0 Å². The number of hydrogen-bond donors (Lipinski definition) is 0. The van der Waals surface area contributed by atoms with E-state index in [1.54, 1.807) is 0 Å². The molecule has 0 radical (unpaired) electrons. The minimum absolute atomic E-state index is 0.623. The molecule has 18 heavy (non-hydrogen) atoms. The van der Waals surface area contributed by atoms with Gasteiger partial charge in [-0.25, -0.2) is 0 Å². The summed E-state index contributed by atoms with van der Waals surface area (Å²) in [6, 6.07) is 0. The molecule has 0 aliphatic heterocycles. The summed E-state index contributed by atoms with van der Waals surface area (Å²) < 4.78 is 11.2. The van der Waals surface area contributed by atoms with Crippen molar-refractivity contribution in [2.45, 2.75) is 39.5 Å². The van der Waals surface area contributed by atoms with Crippen LogP contribution in [0.25, 0.3) is 0 Å². The summed E-state index contributed by atoms with van der Waals surface area (Å²) >= 11 is 0. The second kappa shape index (κ2) is 9.95. The fraction of sp³-hybridized carbons (Fsp3) is 0.625. The molecule has 0 bridgehead atoms. The molecule has 1 aliphatic rings. The topological polar surface area (TPSA) is 18.5 Å². The average Bonchev–Trinajstić information content (AvgIpc) is 2.32. The summed E-state index contributed by atoms with van der Waals surface area (Å²) in [6.45, 7) is 6.16. The van der Waals surface area contributed by atoms with E-state index in [4.69, 9.17) is 9.47 Å². The molecule has 0 aromatic heterocycles. The van der Waals surface area contributed by atoms with Gasteiger partial charge in [0.1, 0.15) is 12.4 Å². The summed E-state index contributed by atoms with van der Waals surface area (Å²) in [6.07, 6.45) is 15.3. The van der Waals surface area contributed by atoms with Gasteiger partial charge in [0, 0.05) is 6.61 Å². The first-order chi connectivity index (χ1) is 8.86. The highest BCUT2D eigenvalue weighted by Crippen LogP contribution is 2.28. The van der Waals surface area contributed by atoms with E-state index in [0.29, 0.717) is 13.2 Å². The first-order valence-corrected chi connectivity index (χ1v) is 7.03. The van der Waals surface area contributed by atoms with Crippen molar-refractivity contribution < 1.29 is 9.47 Å². The molecule has 1 fully saturated rings. The van der Waals surface area contributed by atoms with E-state index in [9.17, 15) is 0 Å². The normalized spacial score (nSPS) is 17.6. The van der Waals surface area contributed by atoms with Crippen LogP contribution in [-0.4, -0.2) is 19.8 Å². The first-order valence-electron chi connectivity index (χ1n) is 7.03. The predicted octanol–water partition coefficient (Wildman–Crippen LogP) is 4.25. The van der Waals surface area contributed by atoms with Gasteiger partial charge in [-0.15, -0.1) is 0 Å². The van der Waals surface area contributed by atoms with Gasteiger partial charge in [0.25, 0.3) is 0 Å². The van der Waals surface area contributed by atoms with Crippen LogP contribution in [0.2, 0.25) is 0 Å². The van der Waals surface area contributed by atoms with E-state index in [-0.39, 0.29) is 0 Å². The Kier molecular flexibility index (Phi) is 8.32. The number of hydrogen-bond acceptors (Lipinski definition) is 2. The highest BCUT2D eigenvalue weighted by atomic mass is 16.5. The van der Waals surface area contributed by atoms with Gasteiger partial charge in [0.2, 0.25) is 0 Å². The van der Waals surface area contributed by atoms with E-state index in [1.165, 1.54) is 25.7 Å². The molecule has 0 heterocycles. The van der Waals surface area contributed by atoms with Gasteiger partial charge in [0.15, 0.2) is 0 Å². The molecule has 2 nitrogen and oxygen atoms in total. The lowest BCUT2D eigenvalue weighted by molar-refractivity contribution is 0.0646. The average molecular weight is 250 g/mol. The van der Waals surface area contributed by atoms with Gasteiger partial charge in [-0.2, -0.15) is 0 Å². The molecule has 0 spiro atoms. The molecule has 102 valence electrons. The number of rotatable bonds is 9. The lowest BCUT2D eigenvalue weighted by atomic mass is 9.83. The van der Waals surface area contributed by atoms with Crippen LogP contribution in [0, 0.1) is 5.92 Å². The fourth-order valence-corrected chi connectivity index (χ4v) is 1.86. The van der Waals surface area contributed by atoms with Gasteiger partial charge in [-0.3, -0.25) is 0 Å². The number of ether oxygens (including phenoxy) is 2. The lowest BCUT2D eigenvalue weighted by Crippen LogP contribution is -2.14. The van der Waals surface area contributed by atoms with Gasteiger partial charge in [-0.1, -0.05) is 37.5 Å². The predicted molar refractivity (Wildman–Crippen MR) is 76.4 cm³/mol. The van der Waals surface area contributed by atoms with Crippen LogP contribution in [0.4, 0.5) is 0 Å². The van der Waals surface area contributed by atoms with Crippen LogP contribution in [0.1, 0.15) is 39.5 Å². The van der Waals surface area contributed by atoms with Gasteiger partial charge in [0.05, 0.1) is 6.61 Å². The second-order valence-corrected chi connectivity index (χ2v) is 4.64. The highest BCUT2D eigenvalue weighted by molar-refractivity contribution is 5.17. The van der Waals surface area contributed by atoms with Crippen molar-refractivity contribution in [1.29, 1.82) is 0 Å². The van der Waals surface area contributed by atoms with E-state index in [0.717, 1.165) is 18.3 Å². The molecule has 1 saturated carbocycles. The standard InChI is InChI=1S/C16H26O2/c1-3-5-10-16(7-4-2)18-14-13-17-12-11-15-8-6-9-15/h3-5,7,10,15H,6,8-9,11-14H2,1-2H3/b5-3+,7-4-,16-10+. The SMILES string of the molecule is C\C=C/C(=C\C=C\C)OCCOCCC1CCC1. The monoisotopic (exact) mass is 250 g/mol. The summed E-state index contributed by atoms with van der Waals surface area (Å²) in [7, 11) is 0. The van der Waals surface area contributed by atoms with E-state index < -0.39 is 0 Å². The smallest absolute Gasteiger partial charge is 0.119 e. The summed E-state index contributed by atoms with van der Waals surface area (Å²) in [5.74, 6) is 1.82. The molecule has 0 atom stereocenters. The maximum atomic E-state index is 5.63. The zero-order valence-electron chi connectivity index (χ0n) is 11.7. The quantitative estimate of drug-likeness (QED) is 0.346. The Labute approximate surface area is 111 Å². The maximum absolute atomic E-state index is 5.63. The summed E-state index contributed by atoms with van der Waals surface area (Å²) in [4.78, 5) is 0. The van der Waals surface area contributed by atoms with Gasteiger partial charge < -0.3 is 9.47 Å². The minimum atomic E-state index is 0.623. The molecule has 0 N–H and O–H groups in total. The molecule has 0 saturated heterocycles. The molecule has 0 aromatic rings. The minimum Gasteiger partial charge on any atom is -0.491 e. The molecular weight excluding hydrogens is 224 g/mol. The summed E-state index contributed by atoms with van der Waals surface area (Å²) in [5.41, 5.74) is 0. The zero-order chi connectivity index (χ0) is 13.1. The molecular formula is C16H26O2. The molecule has 1 rings (SSSR count).